The molecule has 0 saturated heterocycles. The number of nitrogens with one attached hydrogen (secondary N) is 4. The number of carboxylic acid groups (broad SMARTS) is 1. The fourth-order valence-corrected chi connectivity index (χ4v) is 3.34. The number of hydrogen-bond acceptors (Lipinski definition) is 8. The third kappa shape index (κ3) is 15.6. The normalized spacial score (nSPS) is 13.7. The Hall–Kier alpha value is -4.94. The molecule has 234 valence electrons. The Morgan fingerprint density at radius 3 is 1.95 bits per heavy atom. The van der Waals surface area contributed by atoms with Gasteiger partial charge in [0.1, 0.15) is 11.6 Å². The lowest BCUT2D eigenvalue weighted by Gasteiger charge is -2.20. The molecule has 0 bridgehead atoms. The van der Waals surface area contributed by atoms with E-state index in [1.807, 2.05) is 0 Å². The van der Waals surface area contributed by atoms with Crippen molar-refractivity contribution in [3.05, 3.63) is 59.7 Å². The van der Waals surface area contributed by atoms with Gasteiger partial charge in [-0.3, -0.25) is 14.4 Å². The van der Waals surface area contributed by atoms with E-state index in [4.69, 9.17) is 22.8 Å². The Kier molecular flexibility index (Phi) is 11.1. The topological polar surface area (TPSA) is 189 Å². The summed E-state index contributed by atoms with van der Waals surface area (Å²) < 4.78 is 51.7. The zero-order valence-electron chi connectivity index (χ0n) is 30.2. The smallest absolute Gasteiger partial charge is 0.407 e. The second kappa shape index (κ2) is 17.8. The van der Waals surface area contributed by atoms with Gasteiger partial charge in [-0.1, -0.05) is 12.1 Å². The Balaban J connectivity index is 0.000000624. The van der Waals surface area contributed by atoms with Crippen molar-refractivity contribution in [3.8, 4) is 0 Å². The molecule has 0 spiro atoms. The summed E-state index contributed by atoms with van der Waals surface area (Å²) in [4.78, 5) is 69.7. The summed E-state index contributed by atoms with van der Waals surface area (Å²) in [6.45, 7) is 0.0294. The minimum absolute atomic E-state index is 0.0247. The number of unbranched alkanes of at least 4 members (excludes halogenated alkanes) is 1. The van der Waals surface area contributed by atoms with E-state index in [1.54, 1.807) is 20.8 Å². The highest BCUT2D eigenvalue weighted by molar-refractivity contribution is 5.98. The number of aromatic carboxylic acids is 1. The molecule has 0 fully saturated rings. The second-order valence-corrected chi connectivity index (χ2v) is 9.85. The van der Waals surface area contributed by atoms with Crippen LogP contribution in [0.15, 0.2) is 48.5 Å². The van der Waals surface area contributed by atoms with Crippen molar-refractivity contribution in [3.63, 3.8) is 0 Å². The Morgan fingerprint density at radius 2 is 1.44 bits per heavy atom. The van der Waals surface area contributed by atoms with E-state index < -0.39 is 61.1 Å². The molecule has 13 nitrogen and oxygen atoms in total. The van der Waals surface area contributed by atoms with E-state index in [-0.39, 0.29) is 28.9 Å². The number of carbonyl (C=O) groups excluding carboxylic acids is 5. The van der Waals surface area contributed by atoms with Crippen LogP contribution in [0.2, 0.25) is 0 Å². The molecule has 1 atom stereocenters. The van der Waals surface area contributed by atoms with Crippen LogP contribution in [-0.2, 0) is 23.9 Å². The SMILES string of the molecule is [2H]C([2H])([2H])C(=O)Nc1cccc(C(=O)N[C@H](CCCCNC(=O)OC(C)(C)C)C(=O)OC)c1.[2H]C([2H])([2H])C(=O)Nc1cccc(C(=O)O)c1. The average molecular weight is 607 g/mol. The van der Waals surface area contributed by atoms with Gasteiger partial charge >= 0.3 is 18.0 Å². The lowest BCUT2D eigenvalue weighted by atomic mass is 10.1. The molecule has 5 N–H and O–H groups in total. The molecule has 43 heavy (non-hydrogen) atoms. The molecule has 0 aliphatic heterocycles. The van der Waals surface area contributed by atoms with Gasteiger partial charge < -0.3 is 35.8 Å². The van der Waals surface area contributed by atoms with Gasteiger partial charge in [0.25, 0.3) is 5.91 Å². The van der Waals surface area contributed by atoms with Gasteiger partial charge in [-0.15, -0.1) is 0 Å². The predicted octanol–water partition coefficient (Wildman–Crippen LogP) is 3.95. The van der Waals surface area contributed by atoms with Crippen molar-refractivity contribution >= 4 is 47.1 Å². The number of methoxy groups -OCH3 is 1. The first kappa shape index (κ1) is 26.9. The molecule has 4 amide bonds. The van der Waals surface area contributed by atoms with Crippen molar-refractivity contribution in [1.82, 2.24) is 10.6 Å². The van der Waals surface area contributed by atoms with E-state index in [1.165, 1.54) is 55.6 Å². The number of hydrogen-bond donors (Lipinski definition) is 5. The molecule has 2 rings (SSSR count). The van der Waals surface area contributed by atoms with Gasteiger partial charge in [0.15, 0.2) is 0 Å². The maximum Gasteiger partial charge on any atom is 0.407 e. The van der Waals surface area contributed by atoms with E-state index in [0.29, 0.717) is 19.4 Å². The first-order chi connectivity index (χ1) is 22.5. The molecule has 0 unspecified atom stereocenters. The van der Waals surface area contributed by atoms with Crippen molar-refractivity contribution < 1.29 is 51.6 Å². The molecular formula is C30H40N4O9. The number of rotatable bonds is 11. The van der Waals surface area contributed by atoms with Crippen molar-refractivity contribution in [1.29, 1.82) is 0 Å². The van der Waals surface area contributed by atoms with E-state index in [9.17, 15) is 28.8 Å². The highest BCUT2D eigenvalue weighted by Crippen LogP contribution is 2.13. The minimum Gasteiger partial charge on any atom is -0.478 e. The van der Waals surface area contributed by atoms with Crippen LogP contribution in [0, 0.1) is 0 Å². The van der Waals surface area contributed by atoms with Gasteiger partial charge in [0, 0.05) is 45.4 Å². The summed E-state index contributed by atoms with van der Waals surface area (Å²) in [7, 11) is 1.20. The van der Waals surface area contributed by atoms with Gasteiger partial charge in [-0.05, 0) is 76.4 Å². The van der Waals surface area contributed by atoms with Gasteiger partial charge in [-0.25, -0.2) is 14.4 Å². The summed E-state index contributed by atoms with van der Waals surface area (Å²) in [5.74, 6) is -4.69. The number of benzene rings is 2. The number of alkyl carbamates (subject to hydrolysis) is 1. The first-order valence-corrected chi connectivity index (χ1v) is 13.0. The number of carbonyl (C=O) groups is 6. The van der Waals surface area contributed by atoms with Gasteiger partial charge in [0.05, 0.1) is 12.7 Å². The maximum atomic E-state index is 12.6. The van der Waals surface area contributed by atoms with Crippen LogP contribution in [0.1, 0.15) is 82.7 Å². The summed E-state index contributed by atoms with van der Waals surface area (Å²) in [5, 5.41) is 18.2. The summed E-state index contributed by atoms with van der Waals surface area (Å²) in [6.07, 6.45) is 0.777. The second-order valence-electron chi connectivity index (χ2n) is 9.85. The molecule has 0 saturated carbocycles. The summed E-state index contributed by atoms with van der Waals surface area (Å²) in [5.41, 5.74) is -0.230. The molecule has 0 radical (unpaired) electrons. The van der Waals surface area contributed by atoms with Crippen molar-refractivity contribution in [2.75, 3.05) is 24.3 Å². The Bertz CT molecular complexity index is 1490. The van der Waals surface area contributed by atoms with E-state index in [2.05, 4.69) is 21.3 Å². The molecule has 2 aromatic carbocycles. The number of esters is 1. The van der Waals surface area contributed by atoms with Crippen LogP contribution in [0.4, 0.5) is 16.2 Å². The Morgan fingerprint density at radius 1 is 0.884 bits per heavy atom. The number of carboxylic acids is 1. The number of anilines is 2. The Labute approximate surface area is 259 Å². The number of ether oxygens (including phenoxy) is 2. The van der Waals surface area contributed by atoms with Crippen LogP contribution in [0.5, 0.6) is 0 Å². The zero-order valence-corrected chi connectivity index (χ0v) is 24.2. The maximum absolute atomic E-state index is 12.6. The summed E-state index contributed by atoms with van der Waals surface area (Å²) in [6, 6.07) is 10.1. The summed E-state index contributed by atoms with van der Waals surface area (Å²) >= 11 is 0. The van der Waals surface area contributed by atoms with Crippen LogP contribution in [0.3, 0.4) is 0 Å². The van der Waals surface area contributed by atoms with Gasteiger partial charge in [-0.2, -0.15) is 0 Å². The molecule has 2 aromatic rings. The lowest BCUT2D eigenvalue weighted by Crippen LogP contribution is -2.41. The molecule has 13 heteroatoms. The van der Waals surface area contributed by atoms with Crippen molar-refractivity contribution in [2.45, 2.75) is 65.4 Å². The first-order valence-electron chi connectivity index (χ1n) is 16.0. The highest BCUT2D eigenvalue weighted by atomic mass is 16.6. The average Bonchev–Trinajstić information content (AvgIpc) is 2.98. The van der Waals surface area contributed by atoms with Crippen LogP contribution in [0.25, 0.3) is 0 Å². The predicted molar refractivity (Wildman–Crippen MR) is 160 cm³/mol. The van der Waals surface area contributed by atoms with Crippen LogP contribution < -0.4 is 21.3 Å². The van der Waals surface area contributed by atoms with Gasteiger partial charge in [0.2, 0.25) is 11.8 Å². The van der Waals surface area contributed by atoms with Crippen LogP contribution in [-0.4, -0.2) is 66.2 Å². The quantitative estimate of drug-likeness (QED) is 0.186. The lowest BCUT2D eigenvalue weighted by molar-refractivity contribution is -0.143. The van der Waals surface area contributed by atoms with E-state index >= 15 is 0 Å². The zero-order chi connectivity index (χ0) is 37.6. The third-order valence-electron chi connectivity index (χ3n) is 5.13. The third-order valence-corrected chi connectivity index (χ3v) is 5.13. The fraction of sp³-hybridized carbons (Fsp3) is 0.400. The largest absolute Gasteiger partial charge is 0.478 e. The molecule has 0 heterocycles. The molecule has 0 aliphatic rings. The molecule has 0 aliphatic carbocycles. The molecular weight excluding hydrogens is 560 g/mol. The highest BCUT2D eigenvalue weighted by Gasteiger charge is 2.22. The monoisotopic (exact) mass is 606 g/mol. The van der Waals surface area contributed by atoms with Crippen molar-refractivity contribution in [2.24, 2.45) is 0 Å². The fourth-order valence-electron chi connectivity index (χ4n) is 3.34. The molecule has 0 aromatic heterocycles. The van der Waals surface area contributed by atoms with Crippen LogP contribution >= 0.6 is 0 Å². The van der Waals surface area contributed by atoms with E-state index in [0.717, 1.165) is 0 Å². The standard InChI is InChI=1S/C21H31N3O6.C9H9NO3/c1-14(25)23-16-10-8-9-15(13-16)18(26)24-17(19(27)29-5)11-6-7-12-22-20(28)30-21(2,3)4;1-6(11)10-8-4-2-3-7(5-8)9(12)13/h8-10,13,17H,6-7,11-12H2,1-5H3,(H,22,28)(H,23,25)(H,24,26);2-5H,1H3,(H,10,11)(H,12,13)/t17-;/m1./s1/i2*1D3. The number of amides is 4. The minimum atomic E-state index is -2.83.